The van der Waals surface area contributed by atoms with E-state index in [0.29, 0.717) is 17.6 Å². The Morgan fingerprint density at radius 3 is 2.10 bits per heavy atom. The van der Waals surface area contributed by atoms with E-state index in [-0.39, 0.29) is 0 Å². The molecule has 4 aromatic heterocycles. The number of rotatable bonds is 4. The fraction of sp³-hybridized carbons (Fsp3) is 0. The third-order valence-corrected chi connectivity index (χ3v) is 11.1. The number of furan rings is 1. The average Bonchev–Trinajstić information content (AvgIpc) is 3.88. The Morgan fingerprint density at radius 1 is 0.471 bits per heavy atom. The number of hydrogen-bond acceptors (Lipinski definition) is 5. The van der Waals surface area contributed by atoms with E-state index in [1.54, 1.807) is 0 Å². The van der Waals surface area contributed by atoms with Gasteiger partial charge in [0.1, 0.15) is 11.2 Å². The van der Waals surface area contributed by atoms with Gasteiger partial charge in [-0.1, -0.05) is 121 Å². The summed E-state index contributed by atoms with van der Waals surface area (Å²) in [6.07, 6.45) is 0. The third kappa shape index (κ3) is 4.30. The molecule has 0 atom stereocenters. The molecule has 51 heavy (non-hydrogen) atoms. The van der Waals surface area contributed by atoms with Crippen molar-refractivity contribution in [2.75, 3.05) is 0 Å². The zero-order valence-electron chi connectivity index (χ0n) is 27.1. The van der Waals surface area contributed by atoms with Crippen LogP contribution in [-0.4, -0.2) is 19.5 Å². The van der Waals surface area contributed by atoms with E-state index >= 15 is 0 Å². The summed E-state index contributed by atoms with van der Waals surface area (Å²) in [5, 5.41) is 7.00. The monoisotopic (exact) mass is 670 g/mol. The number of hydrogen-bond donors (Lipinski definition) is 0. The molecule has 238 valence electrons. The van der Waals surface area contributed by atoms with Crippen molar-refractivity contribution in [1.82, 2.24) is 19.5 Å². The van der Waals surface area contributed by atoms with Crippen molar-refractivity contribution in [1.29, 1.82) is 0 Å². The second-order valence-corrected chi connectivity index (χ2v) is 13.8. The summed E-state index contributed by atoms with van der Waals surface area (Å²) in [7, 11) is 0. The van der Waals surface area contributed by atoms with Crippen LogP contribution in [0.2, 0.25) is 0 Å². The summed E-state index contributed by atoms with van der Waals surface area (Å²) in [4.78, 5) is 15.7. The molecule has 4 heterocycles. The lowest BCUT2D eigenvalue weighted by atomic mass is 10.0. The average molecular weight is 671 g/mol. The van der Waals surface area contributed by atoms with Crippen LogP contribution in [0.1, 0.15) is 0 Å². The van der Waals surface area contributed by atoms with Crippen molar-refractivity contribution in [3.8, 4) is 39.9 Å². The zero-order chi connectivity index (χ0) is 33.5. The largest absolute Gasteiger partial charge is 0.455 e. The Hall–Kier alpha value is -6.63. The topological polar surface area (TPSA) is 56.7 Å². The van der Waals surface area contributed by atoms with E-state index in [1.165, 1.54) is 30.9 Å². The van der Waals surface area contributed by atoms with E-state index in [2.05, 4.69) is 132 Å². The maximum atomic E-state index is 6.50. The molecule has 11 aromatic rings. The maximum absolute atomic E-state index is 6.50. The van der Waals surface area contributed by atoms with Gasteiger partial charge in [0.2, 0.25) is 5.95 Å². The van der Waals surface area contributed by atoms with Gasteiger partial charge in [-0.15, -0.1) is 11.3 Å². The second kappa shape index (κ2) is 10.9. The molecular weight excluding hydrogens is 645 g/mol. The highest BCUT2D eigenvalue weighted by molar-refractivity contribution is 7.26. The Labute approximate surface area is 295 Å². The van der Waals surface area contributed by atoms with Gasteiger partial charge in [0.25, 0.3) is 0 Å². The van der Waals surface area contributed by atoms with E-state index in [4.69, 9.17) is 19.4 Å². The van der Waals surface area contributed by atoms with Gasteiger partial charge in [-0.3, -0.25) is 4.57 Å². The molecule has 7 aromatic carbocycles. The standard InChI is InChI=1S/C45H26N4OS/c1-2-12-27(13-3-1)28-14-10-15-29(26-28)43-46-44(35-20-11-19-32-30-16-5-8-22-38(30)50-41(32)35)48-45(47-43)49-36-21-7-4-18-34(36)40-37(49)25-24-33-31-17-6-9-23-39(31)51-42(33)40/h1-26H. The van der Waals surface area contributed by atoms with Gasteiger partial charge in [0.05, 0.1) is 16.6 Å². The summed E-state index contributed by atoms with van der Waals surface area (Å²) in [5.41, 5.74) is 7.65. The first-order valence-electron chi connectivity index (χ1n) is 16.9. The van der Waals surface area contributed by atoms with Crippen LogP contribution in [0.4, 0.5) is 0 Å². The van der Waals surface area contributed by atoms with E-state index in [1.807, 2.05) is 41.7 Å². The van der Waals surface area contributed by atoms with Crippen LogP contribution < -0.4 is 0 Å². The number of nitrogens with zero attached hydrogens (tertiary/aromatic N) is 4. The minimum absolute atomic E-state index is 0.554. The predicted molar refractivity (Wildman–Crippen MR) is 211 cm³/mol. The highest BCUT2D eigenvalue weighted by Crippen LogP contribution is 2.43. The zero-order valence-corrected chi connectivity index (χ0v) is 27.9. The molecule has 0 aliphatic carbocycles. The molecule has 0 aliphatic rings. The van der Waals surface area contributed by atoms with E-state index in [0.717, 1.165) is 55.2 Å². The lowest BCUT2D eigenvalue weighted by Crippen LogP contribution is -2.06. The smallest absolute Gasteiger partial charge is 0.238 e. The van der Waals surface area contributed by atoms with Gasteiger partial charge in [-0.2, -0.15) is 9.97 Å². The molecule has 0 aliphatic heterocycles. The first kappa shape index (κ1) is 28.2. The van der Waals surface area contributed by atoms with Crippen LogP contribution in [0.5, 0.6) is 0 Å². The molecule has 0 amide bonds. The van der Waals surface area contributed by atoms with Crippen molar-refractivity contribution in [2.45, 2.75) is 0 Å². The van der Waals surface area contributed by atoms with Crippen molar-refractivity contribution < 1.29 is 4.42 Å². The van der Waals surface area contributed by atoms with Crippen LogP contribution in [0.15, 0.2) is 162 Å². The Morgan fingerprint density at radius 2 is 1.18 bits per heavy atom. The predicted octanol–water partition coefficient (Wildman–Crippen LogP) is 12.2. The Balaban J connectivity index is 1.22. The van der Waals surface area contributed by atoms with Gasteiger partial charge in [0.15, 0.2) is 11.6 Å². The normalized spacial score (nSPS) is 11.9. The first-order valence-corrected chi connectivity index (χ1v) is 17.8. The van der Waals surface area contributed by atoms with Gasteiger partial charge in [-0.25, -0.2) is 4.98 Å². The maximum Gasteiger partial charge on any atom is 0.238 e. The molecule has 0 saturated carbocycles. The molecular formula is C45H26N4OS. The van der Waals surface area contributed by atoms with Crippen molar-refractivity contribution in [2.24, 2.45) is 0 Å². The van der Waals surface area contributed by atoms with Crippen LogP contribution in [0, 0.1) is 0 Å². The number of aromatic nitrogens is 4. The highest BCUT2D eigenvalue weighted by Gasteiger charge is 2.22. The summed E-state index contributed by atoms with van der Waals surface area (Å²) < 4.78 is 11.2. The van der Waals surface area contributed by atoms with Crippen LogP contribution >= 0.6 is 11.3 Å². The fourth-order valence-electron chi connectivity index (χ4n) is 7.56. The lowest BCUT2D eigenvalue weighted by Gasteiger charge is -2.12. The van der Waals surface area contributed by atoms with Gasteiger partial charge in [0, 0.05) is 47.3 Å². The second-order valence-electron chi connectivity index (χ2n) is 12.8. The molecule has 11 rings (SSSR count). The van der Waals surface area contributed by atoms with Gasteiger partial charge < -0.3 is 4.42 Å². The van der Waals surface area contributed by atoms with Crippen molar-refractivity contribution >= 4 is 75.3 Å². The summed E-state index contributed by atoms with van der Waals surface area (Å²) in [6.45, 7) is 0. The van der Waals surface area contributed by atoms with Crippen LogP contribution in [-0.2, 0) is 0 Å². The molecule has 0 fully saturated rings. The lowest BCUT2D eigenvalue weighted by molar-refractivity contribution is 0.669. The fourth-order valence-corrected chi connectivity index (χ4v) is 8.82. The summed E-state index contributed by atoms with van der Waals surface area (Å²) >= 11 is 1.84. The minimum atomic E-state index is 0.554. The first-order chi connectivity index (χ1) is 25.3. The third-order valence-electron chi connectivity index (χ3n) is 9.88. The number of benzene rings is 7. The van der Waals surface area contributed by atoms with Gasteiger partial charge >= 0.3 is 0 Å². The van der Waals surface area contributed by atoms with E-state index in [9.17, 15) is 0 Å². The molecule has 0 saturated heterocycles. The summed E-state index contributed by atoms with van der Waals surface area (Å²) in [5.74, 6) is 1.70. The van der Waals surface area contributed by atoms with Crippen molar-refractivity contribution in [3.05, 3.63) is 158 Å². The van der Waals surface area contributed by atoms with Crippen LogP contribution in [0.25, 0.3) is 104 Å². The van der Waals surface area contributed by atoms with Gasteiger partial charge in [-0.05, 0) is 47.5 Å². The molecule has 0 N–H and O–H groups in total. The Bertz CT molecular complexity index is 3150. The molecule has 5 nitrogen and oxygen atoms in total. The number of para-hydroxylation sites is 3. The van der Waals surface area contributed by atoms with Crippen LogP contribution in [0.3, 0.4) is 0 Å². The number of fused-ring (bicyclic) bond motifs is 10. The Kier molecular flexibility index (Phi) is 6.05. The quantitative estimate of drug-likeness (QED) is 0.187. The molecule has 0 bridgehead atoms. The SMILES string of the molecule is c1ccc(-c2cccc(-c3nc(-c4cccc5c4oc4ccccc45)nc(-n4c5ccccc5c5c6sc7ccccc7c6ccc54)n3)c2)cc1. The summed E-state index contributed by atoms with van der Waals surface area (Å²) in [6, 6.07) is 54.8. The van der Waals surface area contributed by atoms with E-state index < -0.39 is 0 Å². The molecule has 0 unspecified atom stereocenters. The highest BCUT2D eigenvalue weighted by atomic mass is 32.1. The molecule has 0 spiro atoms. The molecule has 0 radical (unpaired) electrons. The van der Waals surface area contributed by atoms with Crippen molar-refractivity contribution in [3.63, 3.8) is 0 Å². The molecule has 6 heteroatoms. The number of thiophene rings is 1. The minimum Gasteiger partial charge on any atom is -0.455 e.